The zero-order valence-electron chi connectivity index (χ0n) is 15.0. The van der Waals surface area contributed by atoms with Gasteiger partial charge in [-0.25, -0.2) is 4.39 Å². The minimum atomic E-state index is -0.299. The number of hydrogen-bond acceptors (Lipinski definition) is 4. The summed E-state index contributed by atoms with van der Waals surface area (Å²) in [5.74, 6) is 0.192. The van der Waals surface area contributed by atoms with Crippen LogP contribution in [-0.2, 0) is 6.54 Å². The fourth-order valence-corrected chi connectivity index (χ4v) is 3.40. The lowest BCUT2D eigenvalue weighted by molar-refractivity contribution is 0.0948. The molecule has 1 aromatic heterocycles. The van der Waals surface area contributed by atoms with Crippen molar-refractivity contribution in [2.45, 2.75) is 6.54 Å². The number of thiocarbonyl (C=S) groups is 1. The number of methoxy groups -OCH3 is 1. The van der Waals surface area contributed by atoms with Crippen LogP contribution in [0.5, 0.6) is 5.75 Å². The number of benzene rings is 2. The maximum atomic E-state index is 13.0. The second-order valence-corrected chi connectivity index (χ2v) is 7.27. The zero-order chi connectivity index (χ0) is 19.9. The lowest BCUT2D eigenvalue weighted by Gasteiger charge is -2.11. The van der Waals surface area contributed by atoms with E-state index >= 15 is 0 Å². The van der Waals surface area contributed by atoms with Gasteiger partial charge in [0.15, 0.2) is 5.11 Å². The van der Waals surface area contributed by atoms with Gasteiger partial charge in [0.25, 0.3) is 5.91 Å². The van der Waals surface area contributed by atoms with Crippen molar-refractivity contribution in [1.29, 1.82) is 0 Å². The van der Waals surface area contributed by atoms with Crippen LogP contribution in [0.2, 0.25) is 0 Å². The third-order valence-corrected chi connectivity index (χ3v) is 5.24. The number of rotatable bonds is 5. The summed E-state index contributed by atoms with van der Waals surface area (Å²) in [6.45, 7) is 0.513. The van der Waals surface area contributed by atoms with E-state index in [1.54, 1.807) is 25.3 Å². The lowest BCUT2D eigenvalue weighted by atomic mass is 10.2. The average Bonchev–Trinajstić information content (AvgIpc) is 3.21. The second kappa shape index (κ2) is 9.29. The van der Waals surface area contributed by atoms with E-state index < -0.39 is 0 Å². The number of hydrogen-bond donors (Lipinski definition) is 3. The van der Waals surface area contributed by atoms with Crippen LogP contribution in [0.15, 0.2) is 60.7 Å². The first-order valence-electron chi connectivity index (χ1n) is 8.38. The Hall–Kier alpha value is -2.97. The minimum Gasteiger partial charge on any atom is -0.497 e. The number of amides is 1. The summed E-state index contributed by atoms with van der Waals surface area (Å²) in [5.41, 5.74) is 7.13. The van der Waals surface area contributed by atoms with Crippen LogP contribution < -0.4 is 20.9 Å². The Morgan fingerprint density at radius 2 is 1.75 bits per heavy atom. The molecular formula is C20H18FN3O2S2. The predicted molar refractivity (Wildman–Crippen MR) is 113 cm³/mol. The zero-order valence-corrected chi connectivity index (χ0v) is 16.6. The number of carbonyl (C=O) groups excluding carboxylic acids is 1. The molecule has 28 heavy (non-hydrogen) atoms. The molecule has 5 nitrogen and oxygen atoms in total. The van der Waals surface area contributed by atoms with Gasteiger partial charge in [-0.2, -0.15) is 0 Å². The van der Waals surface area contributed by atoms with E-state index in [2.05, 4.69) is 16.2 Å². The Morgan fingerprint density at radius 3 is 2.43 bits per heavy atom. The molecule has 0 unspecified atom stereocenters. The molecule has 2 aromatic carbocycles. The number of carbonyl (C=O) groups is 1. The van der Waals surface area contributed by atoms with Gasteiger partial charge in [-0.1, -0.05) is 24.3 Å². The van der Waals surface area contributed by atoms with E-state index in [1.807, 2.05) is 30.3 Å². The summed E-state index contributed by atoms with van der Waals surface area (Å²) in [6.07, 6.45) is 0. The molecule has 0 saturated carbocycles. The minimum absolute atomic E-state index is 0.293. The summed E-state index contributed by atoms with van der Waals surface area (Å²) < 4.78 is 18.1. The largest absolute Gasteiger partial charge is 0.497 e. The first-order chi connectivity index (χ1) is 13.5. The highest BCUT2D eigenvalue weighted by Gasteiger charge is 2.10. The molecule has 0 aliphatic carbocycles. The van der Waals surface area contributed by atoms with Gasteiger partial charge in [0, 0.05) is 11.4 Å². The summed E-state index contributed by atoms with van der Waals surface area (Å²) in [5, 5.41) is 3.32. The highest BCUT2D eigenvalue weighted by molar-refractivity contribution is 7.80. The van der Waals surface area contributed by atoms with E-state index in [0.717, 1.165) is 21.8 Å². The Kier molecular flexibility index (Phi) is 6.57. The number of hydrazine groups is 1. The Morgan fingerprint density at radius 1 is 1.04 bits per heavy atom. The molecule has 0 radical (unpaired) electrons. The average molecular weight is 416 g/mol. The Labute approximate surface area is 171 Å². The van der Waals surface area contributed by atoms with E-state index in [9.17, 15) is 9.18 Å². The summed E-state index contributed by atoms with van der Waals surface area (Å²) in [4.78, 5) is 13.7. The van der Waals surface area contributed by atoms with Crippen molar-refractivity contribution < 1.29 is 13.9 Å². The molecule has 0 aliphatic rings. The van der Waals surface area contributed by atoms with Crippen LogP contribution in [0.25, 0.3) is 10.4 Å². The molecule has 0 saturated heterocycles. The quantitative estimate of drug-likeness (QED) is 0.436. The van der Waals surface area contributed by atoms with E-state index in [-0.39, 0.29) is 11.7 Å². The molecule has 3 N–H and O–H groups in total. The molecule has 3 rings (SSSR count). The molecule has 0 atom stereocenters. The monoisotopic (exact) mass is 415 g/mol. The molecular weight excluding hydrogens is 397 g/mol. The highest BCUT2D eigenvalue weighted by Crippen LogP contribution is 2.28. The maximum absolute atomic E-state index is 13.0. The maximum Gasteiger partial charge on any atom is 0.279 e. The van der Waals surface area contributed by atoms with Crippen molar-refractivity contribution in [3.8, 4) is 16.2 Å². The van der Waals surface area contributed by atoms with Crippen molar-refractivity contribution in [2.75, 3.05) is 7.11 Å². The third kappa shape index (κ3) is 5.28. The summed E-state index contributed by atoms with van der Waals surface area (Å²) in [6, 6.07) is 17.3. The van der Waals surface area contributed by atoms with E-state index in [0.29, 0.717) is 16.5 Å². The standard InChI is InChI=1S/C20H18FN3O2S2/c1-26-16-8-2-13(3-9-16)12-22-20(27)24-23-19(25)18-11-10-17(28-18)14-4-6-15(21)7-5-14/h2-11H,12H2,1H3,(H,23,25)(H2,22,24,27). The number of thiophene rings is 1. The molecule has 1 heterocycles. The number of ether oxygens (including phenoxy) is 1. The van der Waals surface area contributed by atoms with Crippen LogP contribution in [0.3, 0.4) is 0 Å². The molecule has 144 valence electrons. The van der Waals surface area contributed by atoms with E-state index in [4.69, 9.17) is 17.0 Å². The Bertz CT molecular complexity index is 956. The topological polar surface area (TPSA) is 62.4 Å². The first-order valence-corrected chi connectivity index (χ1v) is 9.60. The molecule has 0 bridgehead atoms. The second-order valence-electron chi connectivity index (χ2n) is 5.78. The molecule has 0 aliphatic heterocycles. The van der Waals surface area contributed by atoms with Gasteiger partial charge in [-0.3, -0.25) is 15.6 Å². The van der Waals surface area contributed by atoms with Gasteiger partial charge in [-0.15, -0.1) is 11.3 Å². The van der Waals surface area contributed by atoms with Crippen LogP contribution in [0, 0.1) is 5.82 Å². The summed E-state index contributed by atoms with van der Waals surface area (Å²) >= 11 is 6.49. The molecule has 3 aromatic rings. The van der Waals surface area contributed by atoms with Crippen molar-refractivity contribution in [2.24, 2.45) is 0 Å². The fourth-order valence-electron chi connectivity index (χ4n) is 2.37. The third-order valence-electron chi connectivity index (χ3n) is 3.86. The van der Waals surface area contributed by atoms with Crippen LogP contribution in [0.4, 0.5) is 4.39 Å². The van der Waals surface area contributed by atoms with Gasteiger partial charge < -0.3 is 10.1 Å². The molecule has 8 heteroatoms. The SMILES string of the molecule is COc1ccc(CNC(=S)NNC(=O)c2ccc(-c3ccc(F)cc3)s2)cc1. The van der Waals surface area contributed by atoms with Crippen molar-refractivity contribution in [3.63, 3.8) is 0 Å². The molecule has 0 fully saturated rings. The van der Waals surface area contributed by atoms with Gasteiger partial charge in [0.05, 0.1) is 12.0 Å². The van der Waals surface area contributed by atoms with Gasteiger partial charge in [0.1, 0.15) is 11.6 Å². The van der Waals surface area contributed by atoms with Crippen molar-refractivity contribution in [1.82, 2.24) is 16.2 Å². The highest BCUT2D eigenvalue weighted by atomic mass is 32.1. The van der Waals surface area contributed by atoms with E-state index in [1.165, 1.54) is 23.5 Å². The van der Waals surface area contributed by atoms with Crippen LogP contribution in [-0.4, -0.2) is 18.1 Å². The normalized spacial score (nSPS) is 10.2. The van der Waals surface area contributed by atoms with Gasteiger partial charge >= 0.3 is 0 Å². The molecule has 1 amide bonds. The number of nitrogens with one attached hydrogen (secondary N) is 3. The first kappa shape index (κ1) is 19.8. The van der Waals surface area contributed by atoms with Crippen LogP contribution in [0.1, 0.15) is 15.2 Å². The Balaban J connectivity index is 1.48. The van der Waals surface area contributed by atoms with Crippen molar-refractivity contribution >= 4 is 34.6 Å². The van der Waals surface area contributed by atoms with Crippen molar-refractivity contribution in [3.05, 3.63) is 76.9 Å². The van der Waals surface area contributed by atoms with Crippen LogP contribution >= 0.6 is 23.6 Å². The number of halogens is 1. The van der Waals surface area contributed by atoms with Gasteiger partial charge in [-0.05, 0) is 59.7 Å². The molecule has 0 spiro atoms. The summed E-state index contributed by atoms with van der Waals surface area (Å²) in [7, 11) is 1.62. The predicted octanol–water partition coefficient (Wildman–Crippen LogP) is 3.87. The fraction of sp³-hybridized carbons (Fsp3) is 0.100. The smallest absolute Gasteiger partial charge is 0.279 e. The van der Waals surface area contributed by atoms with Gasteiger partial charge in [0.2, 0.25) is 0 Å². The lowest BCUT2D eigenvalue weighted by Crippen LogP contribution is -2.46.